The molecule has 140 valence electrons. The van der Waals surface area contributed by atoms with E-state index in [0.29, 0.717) is 16.9 Å². The highest BCUT2D eigenvalue weighted by Crippen LogP contribution is 2.24. The van der Waals surface area contributed by atoms with Crippen LogP contribution in [0.3, 0.4) is 0 Å². The summed E-state index contributed by atoms with van der Waals surface area (Å²) >= 11 is 0. The van der Waals surface area contributed by atoms with Gasteiger partial charge in [0, 0.05) is 0 Å². The molecule has 2 aromatic rings. The van der Waals surface area contributed by atoms with Crippen molar-refractivity contribution in [2.24, 2.45) is 0 Å². The van der Waals surface area contributed by atoms with Gasteiger partial charge in [-0.2, -0.15) is 0 Å². The zero-order chi connectivity index (χ0) is 19.4. The molecule has 1 aliphatic rings. The summed E-state index contributed by atoms with van der Waals surface area (Å²) in [5, 5.41) is 0. The van der Waals surface area contributed by atoms with Gasteiger partial charge < -0.3 is 9.47 Å². The predicted molar refractivity (Wildman–Crippen MR) is 98.7 cm³/mol. The summed E-state index contributed by atoms with van der Waals surface area (Å²) < 4.78 is 10.8. The summed E-state index contributed by atoms with van der Waals surface area (Å²) in [4.78, 5) is 38.0. The average molecular weight is 367 g/mol. The smallest absolute Gasteiger partial charge is 0.329 e. The highest BCUT2D eigenvalue weighted by molar-refractivity contribution is 6.22. The topological polar surface area (TPSA) is 72.9 Å². The summed E-state index contributed by atoms with van der Waals surface area (Å²) in [7, 11) is 0. The van der Waals surface area contributed by atoms with Crippen LogP contribution in [0.25, 0.3) is 0 Å². The number of hydrogen-bond donors (Lipinski definition) is 0. The van der Waals surface area contributed by atoms with Crippen molar-refractivity contribution in [3.8, 4) is 5.75 Å². The van der Waals surface area contributed by atoms with E-state index in [1.807, 2.05) is 24.3 Å². The van der Waals surface area contributed by atoms with Crippen molar-refractivity contribution in [1.29, 1.82) is 0 Å². The fraction of sp³-hybridized carbons (Fsp3) is 0.286. The van der Waals surface area contributed by atoms with E-state index in [9.17, 15) is 14.4 Å². The van der Waals surface area contributed by atoms with Gasteiger partial charge in [-0.15, -0.1) is 0 Å². The van der Waals surface area contributed by atoms with Gasteiger partial charge in [-0.3, -0.25) is 14.5 Å². The van der Waals surface area contributed by atoms with Crippen LogP contribution in [0.4, 0.5) is 0 Å². The third-order valence-corrected chi connectivity index (χ3v) is 4.46. The molecule has 6 heteroatoms. The quantitative estimate of drug-likeness (QED) is 0.427. The number of nitrogens with zero attached hydrogens (tertiary/aromatic N) is 1. The maximum atomic E-state index is 12.4. The van der Waals surface area contributed by atoms with E-state index >= 15 is 0 Å². The molecule has 0 aromatic heterocycles. The lowest BCUT2D eigenvalue weighted by atomic mass is 10.1. The summed E-state index contributed by atoms with van der Waals surface area (Å²) in [6.45, 7) is 3.76. The molecule has 1 aliphatic heterocycles. The number of esters is 1. The normalized spacial score (nSPS) is 14.1. The Bertz CT molecular complexity index is 841. The zero-order valence-corrected chi connectivity index (χ0v) is 15.3. The number of carbonyl (C=O) groups is 3. The Morgan fingerprint density at radius 1 is 1.00 bits per heavy atom. The number of benzene rings is 2. The monoisotopic (exact) mass is 367 g/mol. The molecule has 0 bridgehead atoms. The molecule has 2 aromatic carbocycles. The van der Waals surface area contributed by atoms with Crippen LogP contribution in [0.15, 0.2) is 48.5 Å². The average Bonchev–Trinajstić information content (AvgIpc) is 2.95. The highest BCUT2D eigenvalue weighted by atomic mass is 16.6. The minimum atomic E-state index is -0.999. The molecule has 1 heterocycles. The second-order valence-electron chi connectivity index (χ2n) is 6.22. The summed E-state index contributed by atoms with van der Waals surface area (Å²) in [5.74, 6) is -0.894. The lowest BCUT2D eigenvalue weighted by Crippen LogP contribution is -2.44. The largest absolute Gasteiger partial charge is 0.490 e. The standard InChI is InChI=1S/C21H21NO5/c1-3-15-7-6-8-16(13-15)26-11-12-27-21(25)14(2)22-19(23)17-9-4-5-10-18(17)20(22)24/h4-10,13-14H,3,11-12H2,1-2H3. The van der Waals surface area contributed by atoms with Gasteiger partial charge in [-0.25, -0.2) is 4.79 Å². The highest BCUT2D eigenvalue weighted by Gasteiger charge is 2.41. The van der Waals surface area contributed by atoms with Gasteiger partial charge in [0.05, 0.1) is 11.1 Å². The number of aryl methyl sites for hydroxylation is 1. The van der Waals surface area contributed by atoms with E-state index in [1.54, 1.807) is 24.3 Å². The zero-order valence-electron chi connectivity index (χ0n) is 15.3. The molecule has 0 radical (unpaired) electrons. The molecule has 1 atom stereocenters. The second kappa shape index (κ2) is 8.03. The van der Waals surface area contributed by atoms with Gasteiger partial charge in [0.2, 0.25) is 0 Å². The minimum Gasteiger partial charge on any atom is -0.490 e. The third kappa shape index (κ3) is 3.84. The third-order valence-electron chi connectivity index (χ3n) is 4.46. The van der Waals surface area contributed by atoms with Crippen molar-refractivity contribution in [2.75, 3.05) is 13.2 Å². The maximum Gasteiger partial charge on any atom is 0.329 e. The van der Waals surface area contributed by atoms with Crippen LogP contribution >= 0.6 is 0 Å². The fourth-order valence-electron chi connectivity index (χ4n) is 2.94. The Kier molecular flexibility index (Phi) is 5.54. The molecular formula is C21H21NO5. The van der Waals surface area contributed by atoms with Crippen LogP contribution in [0.5, 0.6) is 5.75 Å². The van der Waals surface area contributed by atoms with Crippen LogP contribution in [-0.2, 0) is 16.0 Å². The van der Waals surface area contributed by atoms with Crippen molar-refractivity contribution in [1.82, 2.24) is 4.90 Å². The van der Waals surface area contributed by atoms with Crippen molar-refractivity contribution >= 4 is 17.8 Å². The number of fused-ring (bicyclic) bond motifs is 1. The first-order valence-electron chi connectivity index (χ1n) is 8.88. The van der Waals surface area contributed by atoms with Crippen LogP contribution < -0.4 is 4.74 Å². The first-order valence-corrected chi connectivity index (χ1v) is 8.88. The van der Waals surface area contributed by atoms with E-state index in [2.05, 4.69) is 6.92 Å². The Morgan fingerprint density at radius 3 is 2.30 bits per heavy atom. The van der Waals surface area contributed by atoms with Gasteiger partial charge in [-0.1, -0.05) is 31.2 Å². The van der Waals surface area contributed by atoms with Crippen LogP contribution in [0.2, 0.25) is 0 Å². The fourth-order valence-corrected chi connectivity index (χ4v) is 2.94. The molecule has 0 saturated heterocycles. The Balaban J connectivity index is 1.53. The van der Waals surface area contributed by atoms with Crippen LogP contribution in [0, 0.1) is 0 Å². The molecule has 2 amide bonds. The minimum absolute atomic E-state index is 0.0305. The summed E-state index contributed by atoms with van der Waals surface area (Å²) in [6.07, 6.45) is 0.907. The van der Waals surface area contributed by atoms with Crippen LogP contribution in [-0.4, -0.2) is 41.9 Å². The number of carbonyl (C=O) groups excluding carboxylic acids is 3. The molecule has 6 nitrogen and oxygen atoms in total. The maximum absolute atomic E-state index is 12.4. The van der Waals surface area contributed by atoms with E-state index in [1.165, 1.54) is 6.92 Å². The molecule has 3 rings (SSSR count). The van der Waals surface area contributed by atoms with E-state index in [-0.39, 0.29) is 13.2 Å². The van der Waals surface area contributed by atoms with Crippen molar-refractivity contribution in [3.63, 3.8) is 0 Å². The van der Waals surface area contributed by atoms with Crippen LogP contribution in [0.1, 0.15) is 40.1 Å². The van der Waals surface area contributed by atoms with Gasteiger partial charge in [0.25, 0.3) is 11.8 Å². The lowest BCUT2D eigenvalue weighted by molar-refractivity contribution is -0.148. The molecule has 0 saturated carbocycles. The van der Waals surface area contributed by atoms with Crippen molar-refractivity contribution < 1.29 is 23.9 Å². The SMILES string of the molecule is CCc1cccc(OCCOC(=O)C(C)N2C(=O)c3ccccc3C2=O)c1. The Hall–Kier alpha value is -3.15. The van der Waals surface area contributed by atoms with E-state index in [0.717, 1.165) is 16.9 Å². The number of amides is 2. The lowest BCUT2D eigenvalue weighted by Gasteiger charge is -2.20. The number of imide groups is 1. The van der Waals surface area contributed by atoms with Gasteiger partial charge in [0.1, 0.15) is 25.0 Å². The van der Waals surface area contributed by atoms with E-state index < -0.39 is 23.8 Å². The molecule has 1 unspecified atom stereocenters. The second-order valence-corrected chi connectivity index (χ2v) is 6.22. The number of ether oxygens (including phenoxy) is 2. The van der Waals surface area contributed by atoms with E-state index in [4.69, 9.17) is 9.47 Å². The molecule has 0 fully saturated rings. The van der Waals surface area contributed by atoms with Gasteiger partial charge in [-0.05, 0) is 43.2 Å². The summed E-state index contributed by atoms with van der Waals surface area (Å²) in [6, 6.07) is 13.2. The number of rotatable bonds is 7. The number of hydrogen-bond acceptors (Lipinski definition) is 5. The van der Waals surface area contributed by atoms with Gasteiger partial charge >= 0.3 is 5.97 Å². The molecule has 0 aliphatic carbocycles. The van der Waals surface area contributed by atoms with Crippen molar-refractivity contribution in [2.45, 2.75) is 26.3 Å². The predicted octanol–water partition coefficient (Wildman–Crippen LogP) is 2.86. The van der Waals surface area contributed by atoms with Gasteiger partial charge in [0.15, 0.2) is 0 Å². The molecular weight excluding hydrogens is 346 g/mol. The first kappa shape index (κ1) is 18.6. The Morgan fingerprint density at radius 2 is 1.67 bits per heavy atom. The summed E-state index contributed by atoms with van der Waals surface area (Å²) in [5.41, 5.74) is 1.77. The van der Waals surface area contributed by atoms with Crippen molar-refractivity contribution in [3.05, 3.63) is 65.2 Å². The molecule has 0 spiro atoms. The molecule has 27 heavy (non-hydrogen) atoms. The first-order chi connectivity index (χ1) is 13.0. The molecule has 0 N–H and O–H groups in total. The Labute approximate surface area is 157 Å².